The van der Waals surface area contributed by atoms with Crippen molar-refractivity contribution in [3.8, 4) is 0 Å². The molecule has 0 N–H and O–H groups in total. The normalized spacial score (nSPS) is 15.6. The molecular weight excluding hydrogens is 283 g/mol. The van der Waals surface area contributed by atoms with Gasteiger partial charge in [-0.05, 0) is 30.9 Å². The Labute approximate surface area is 129 Å². The third kappa shape index (κ3) is 6.78. The van der Waals surface area contributed by atoms with Gasteiger partial charge in [-0.2, -0.15) is 0 Å². The molecule has 0 saturated carbocycles. The highest BCUT2D eigenvalue weighted by atomic mass is 31.2. The van der Waals surface area contributed by atoms with Crippen LogP contribution in [-0.2, 0) is 13.6 Å². The van der Waals surface area contributed by atoms with Crippen molar-refractivity contribution in [3.63, 3.8) is 0 Å². The van der Waals surface area contributed by atoms with Gasteiger partial charge in [0.2, 0.25) is 0 Å². The Morgan fingerprint density at radius 3 is 2.38 bits per heavy atom. The molecule has 0 saturated heterocycles. The lowest BCUT2D eigenvalue weighted by molar-refractivity contribution is 0.185. The van der Waals surface area contributed by atoms with Crippen molar-refractivity contribution in [2.24, 2.45) is 5.92 Å². The van der Waals surface area contributed by atoms with E-state index in [1.807, 2.05) is 30.3 Å². The first kappa shape index (κ1) is 18.4. The van der Waals surface area contributed by atoms with Crippen LogP contribution in [0, 0.1) is 5.92 Å². The minimum absolute atomic E-state index is 0.395. The molecule has 2 atom stereocenters. The summed E-state index contributed by atoms with van der Waals surface area (Å²) in [6.45, 7) is 7.38. The molecule has 3 nitrogen and oxygen atoms in total. The van der Waals surface area contributed by atoms with Crippen molar-refractivity contribution in [1.29, 1.82) is 0 Å². The molecule has 0 aliphatic carbocycles. The molecule has 0 radical (unpaired) electrons. The minimum atomic E-state index is -3.19. The zero-order valence-corrected chi connectivity index (χ0v) is 14.5. The largest absolute Gasteiger partial charge is 0.361 e. The Balaban J connectivity index is 2.67. The van der Waals surface area contributed by atoms with Crippen molar-refractivity contribution in [1.82, 2.24) is 0 Å². The summed E-state index contributed by atoms with van der Waals surface area (Å²) in [5.41, 5.74) is 0. The first-order chi connectivity index (χ1) is 10.1. The van der Waals surface area contributed by atoms with Gasteiger partial charge in [-0.25, -0.2) is 0 Å². The summed E-state index contributed by atoms with van der Waals surface area (Å²) in [5, 5.41) is 0.658. The average molecular weight is 312 g/mol. The maximum Gasteiger partial charge on any atom is 0.361 e. The van der Waals surface area contributed by atoms with Gasteiger partial charge in [-0.15, -0.1) is 0 Å². The molecule has 4 heteroatoms. The first-order valence-corrected chi connectivity index (χ1v) is 9.61. The first-order valence-electron chi connectivity index (χ1n) is 8.07. The predicted molar refractivity (Wildman–Crippen MR) is 89.2 cm³/mol. The van der Waals surface area contributed by atoms with Crippen LogP contribution in [0.15, 0.2) is 30.3 Å². The van der Waals surface area contributed by atoms with Gasteiger partial charge in [0.25, 0.3) is 0 Å². The molecule has 0 spiro atoms. The molecule has 1 aromatic carbocycles. The third-order valence-corrected chi connectivity index (χ3v) is 5.33. The van der Waals surface area contributed by atoms with E-state index in [-0.39, 0.29) is 0 Å². The topological polar surface area (TPSA) is 35.5 Å². The quantitative estimate of drug-likeness (QED) is 0.418. The van der Waals surface area contributed by atoms with Crippen LogP contribution in [0.3, 0.4) is 0 Å². The fourth-order valence-corrected chi connectivity index (χ4v) is 3.87. The molecule has 2 unspecified atom stereocenters. The van der Waals surface area contributed by atoms with Gasteiger partial charge in [-0.3, -0.25) is 4.57 Å². The number of hydrogen-bond acceptors (Lipinski definition) is 3. The maximum atomic E-state index is 13.0. The highest BCUT2D eigenvalue weighted by molar-refractivity contribution is 7.62. The Kier molecular flexibility index (Phi) is 8.91. The zero-order chi connectivity index (χ0) is 15.6. The predicted octanol–water partition coefficient (Wildman–Crippen LogP) is 5.16. The summed E-state index contributed by atoms with van der Waals surface area (Å²) in [6, 6.07) is 9.30. The molecular formula is C17H29O3P. The highest BCUT2D eigenvalue weighted by Gasteiger charge is 2.27. The lowest BCUT2D eigenvalue weighted by Crippen LogP contribution is -2.14. The van der Waals surface area contributed by atoms with E-state index in [0.717, 1.165) is 32.1 Å². The van der Waals surface area contributed by atoms with Crippen molar-refractivity contribution in [2.45, 2.75) is 52.9 Å². The Hall–Kier alpha value is -0.630. The van der Waals surface area contributed by atoms with E-state index in [0.29, 0.717) is 24.4 Å². The average Bonchev–Trinajstić information content (AvgIpc) is 2.51. The summed E-state index contributed by atoms with van der Waals surface area (Å²) in [6.07, 6.45) is 5.30. The SMILES string of the molecule is CCCCCOP(=O)(OCC(C)CCC)c1ccccc1. The molecule has 0 heterocycles. The lowest BCUT2D eigenvalue weighted by atomic mass is 10.1. The van der Waals surface area contributed by atoms with Crippen LogP contribution in [0.25, 0.3) is 0 Å². The van der Waals surface area contributed by atoms with E-state index in [1.54, 1.807) is 0 Å². The second-order valence-electron chi connectivity index (χ2n) is 5.56. The molecule has 120 valence electrons. The van der Waals surface area contributed by atoms with E-state index in [9.17, 15) is 4.57 Å². The smallest absolute Gasteiger partial charge is 0.305 e. The van der Waals surface area contributed by atoms with Gasteiger partial charge >= 0.3 is 7.60 Å². The molecule has 0 aromatic heterocycles. The molecule has 1 rings (SSSR count). The van der Waals surface area contributed by atoms with Crippen molar-refractivity contribution in [3.05, 3.63) is 30.3 Å². The minimum Gasteiger partial charge on any atom is -0.305 e. The highest BCUT2D eigenvalue weighted by Crippen LogP contribution is 2.47. The Morgan fingerprint density at radius 2 is 1.76 bits per heavy atom. The summed E-state index contributed by atoms with van der Waals surface area (Å²) in [4.78, 5) is 0. The van der Waals surface area contributed by atoms with Crippen LogP contribution in [0.4, 0.5) is 0 Å². The van der Waals surface area contributed by atoms with E-state index in [4.69, 9.17) is 9.05 Å². The molecule has 0 amide bonds. The van der Waals surface area contributed by atoms with Gasteiger partial charge in [0.05, 0.1) is 18.5 Å². The fraction of sp³-hybridized carbons (Fsp3) is 0.647. The standard InChI is InChI=1S/C17H29O3P/c1-4-6-10-14-19-21(18,17-12-8-7-9-13-17)20-15-16(3)11-5-2/h7-9,12-13,16H,4-6,10-11,14-15H2,1-3H3. The van der Waals surface area contributed by atoms with Crippen LogP contribution >= 0.6 is 7.60 Å². The van der Waals surface area contributed by atoms with Crippen LogP contribution in [0.1, 0.15) is 52.9 Å². The van der Waals surface area contributed by atoms with Crippen molar-refractivity contribution in [2.75, 3.05) is 13.2 Å². The molecule has 0 aliphatic rings. The third-order valence-electron chi connectivity index (χ3n) is 3.39. The maximum absolute atomic E-state index is 13.0. The van der Waals surface area contributed by atoms with Gasteiger partial charge in [0.1, 0.15) is 0 Å². The number of hydrogen-bond donors (Lipinski definition) is 0. The Bertz CT molecular complexity index is 419. The summed E-state index contributed by atoms with van der Waals surface area (Å²) >= 11 is 0. The summed E-state index contributed by atoms with van der Waals surface area (Å²) in [7, 11) is -3.19. The van der Waals surface area contributed by atoms with Gasteiger partial charge < -0.3 is 9.05 Å². The van der Waals surface area contributed by atoms with Crippen LogP contribution in [0.2, 0.25) is 0 Å². The van der Waals surface area contributed by atoms with Crippen LogP contribution in [-0.4, -0.2) is 13.2 Å². The van der Waals surface area contributed by atoms with E-state index in [1.165, 1.54) is 0 Å². The number of benzene rings is 1. The van der Waals surface area contributed by atoms with Crippen LogP contribution < -0.4 is 5.30 Å². The van der Waals surface area contributed by atoms with Crippen molar-refractivity contribution >= 4 is 12.9 Å². The fourth-order valence-electron chi connectivity index (χ4n) is 2.14. The second kappa shape index (κ2) is 10.2. The van der Waals surface area contributed by atoms with E-state index >= 15 is 0 Å². The van der Waals surface area contributed by atoms with Crippen molar-refractivity contribution < 1.29 is 13.6 Å². The number of rotatable bonds is 11. The number of unbranched alkanes of at least 4 members (excludes halogenated alkanes) is 2. The van der Waals surface area contributed by atoms with Gasteiger partial charge in [-0.1, -0.05) is 58.2 Å². The second-order valence-corrected chi connectivity index (χ2v) is 7.59. The molecule has 0 fully saturated rings. The lowest BCUT2D eigenvalue weighted by Gasteiger charge is -2.21. The summed E-state index contributed by atoms with van der Waals surface area (Å²) in [5.74, 6) is 0.395. The Morgan fingerprint density at radius 1 is 1.05 bits per heavy atom. The summed E-state index contributed by atoms with van der Waals surface area (Å²) < 4.78 is 24.5. The van der Waals surface area contributed by atoms with E-state index in [2.05, 4.69) is 20.8 Å². The van der Waals surface area contributed by atoms with Gasteiger partial charge in [0, 0.05) is 0 Å². The van der Waals surface area contributed by atoms with E-state index < -0.39 is 7.60 Å². The molecule has 0 aliphatic heterocycles. The van der Waals surface area contributed by atoms with Crippen LogP contribution in [0.5, 0.6) is 0 Å². The molecule has 0 bridgehead atoms. The zero-order valence-electron chi connectivity index (χ0n) is 13.6. The monoisotopic (exact) mass is 312 g/mol. The molecule has 1 aromatic rings. The molecule has 21 heavy (non-hydrogen) atoms. The van der Waals surface area contributed by atoms with Gasteiger partial charge in [0.15, 0.2) is 0 Å².